The standard InChI is InChI=1S/C27H35N3O3/c1-18-10-12-29(13-11-18)17-27(31)30-25(23-15-22(32-4)8-9-26(23)33-5)16-24(28-30)21-7-6-19(2)20(3)14-21/h6-9,14-15,18,25H,10-13,16-17H2,1-5H3/t25-/m1/s1. The topological polar surface area (TPSA) is 54.4 Å². The van der Waals surface area contributed by atoms with E-state index in [1.54, 1.807) is 19.2 Å². The number of piperidine rings is 1. The first kappa shape index (κ1) is 23.3. The molecule has 6 nitrogen and oxygen atoms in total. The molecule has 1 saturated heterocycles. The van der Waals surface area contributed by atoms with Crippen molar-refractivity contribution >= 4 is 11.6 Å². The molecular formula is C27H35N3O3. The Labute approximate surface area is 197 Å². The molecular weight excluding hydrogens is 414 g/mol. The summed E-state index contributed by atoms with van der Waals surface area (Å²) in [5.74, 6) is 2.23. The van der Waals surface area contributed by atoms with Crippen molar-refractivity contribution in [3.05, 3.63) is 58.7 Å². The average molecular weight is 450 g/mol. The molecule has 2 aliphatic rings. The van der Waals surface area contributed by atoms with Crippen LogP contribution in [0.15, 0.2) is 41.5 Å². The molecule has 1 atom stereocenters. The number of ether oxygens (including phenoxy) is 2. The molecule has 4 rings (SSSR count). The minimum atomic E-state index is -0.233. The van der Waals surface area contributed by atoms with Crippen molar-refractivity contribution in [1.29, 1.82) is 0 Å². The van der Waals surface area contributed by atoms with Crippen LogP contribution in [-0.4, -0.2) is 55.4 Å². The van der Waals surface area contributed by atoms with Gasteiger partial charge in [-0.3, -0.25) is 9.69 Å². The molecule has 0 bridgehead atoms. The molecule has 2 aromatic carbocycles. The summed E-state index contributed by atoms with van der Waals surface area (Å²) >= 11 is 0. The summed E-state index contributed by atoms with van der Waals surface area (Å²) in [4.78, 5) is 15.8. The molecule has 1 fully saturated rings. The van der Waals surface area contributed by atoms with Gasteiger partial charge in [-0.25, -0.2) is 5.01 Å². The summed E-state index contributed by atoms with van der Waals surface area (Å²) in [7, 11) is 3.31. The zero-order chi connectivity index (χ0) is 23.5. The molecule has 1 amide bonds. The van der Waals surface area contributed by atoms with E-state index in [0.717, 1.165) is 60.2 Å². The Morgan fingerprint density at radius 1 is 1.03 bits per heavy atom. The predicted molar refractivity (Wildman–Crippen MR) is 131 cm³/mol. The fourth-order valence-corrected chi connectivity index (χ4v) is 4.66. The van der Waals surface area contributed by atoms with Crippen molar-refractivity contribution in [1.82, 2.24) is 9.91 Å². The largest absolute Gasteiger partial charge is 0.497 e. The fourth-order valence-electron chi connectivity index (χ4n) is 4.66. The van der Waals surface area contributed by atoms with E-state index in [9.17, 15) is 4.79 Å². The van der Waals surface area contributed by atoms with Gasteiger partial charge in [-0.1, -0.05) is 19.1 Å². The van der Waals surface area contributed by atoms with Gasteiger partial charge in [0, 0.05) is 12.0 Å². The second kappa shape index (κ2) is 9.96. The highest BCUT2D eigenvalue weighted by molar-refractivity contribution is 6.03. The van der Waals surface area contributed by atoms with Gasteiger partial charge in [-0.15, -0.1) is 0 Å². The number of hydrogen-bond acceptors (Lipinski definition) is 5. The van der Waals surface area contributed by atoms with Gasteiger partial charge in [0.1, 0.15) is 11.5 Å². The maximum Gasteiger partial charge on any atom is 0.257 e. The Morgan fingerprint density at radius 2 is 1.79 bits per heavy atom. The zero-order valence-corrected chi connectivity index (χ0v) is 20.4. The molecule has 2 aliphatic heterocycles. The minimum Gasteiger partial charge on any atom is -0.497 e. The summed E-state index contributed by atoms with van der Waals surface area (Å²) in [6, 6.07) is 11.9. The van der Waals surface area contributed by atoms with Crippen LogP contribution in [-0.2, 0) is 4.79 Å². The summed E-state index contributed by atoms with van der Waals surface area (Å²) in [5, 5.41) is 6.56. The van der Waals surface area contributed by atoms with Gasteiger partial charge in [0.15, 0.2) is 0 Å². The summed E-state index contributed by atoms with van der Waals surface area (Å²) < 4.78 is 11.1. The molecule has 0 saturated carbocycles. The molecule has 0 unspecified atom stereocenters. The van der Waals surface area contributed by atoms with E-state index in [1.165, 1.54) is 11.1 Å². The van der Waals surface area contributed by atoms with Gasteiger partial charge in [0.25, 0.3) is 5.91 Å². The number of benzene rings is 2. The number of hydrazone groups is 1. The van der Waals surface area contributed by atoms with Crippen LogP contribution >= 0.6 is 0 Å². The van der Waals surface area contributed by atoms with E-state index < -0.39 is 0 Å². The third kappa shape index (κ3) is 5.06. The number of carbonyl (C=O) groups excluding carboxylic acids is 1. The summed E-state index contributed by atoms with van der Waals surface area (Å²) in [6.07, 6.45) is 2.91. The number of aryl methyl sites for hydroxylation is 2. The molecule has 6 heteroatoms. The smallest absolute Gasteiger partial charge is 0.257 e. The molecule has 2 heterocycles. The SMILES string of the molecule is COc1ccc(OC)c([C@H]2CC(c3ccc(C)c(C)c3)=NN2C(=O)CN2CCC(C)CC2)c1. The molecule has 0 N–H and O–H groups in total. The number of methoxy groups -OCH3 is 2. The highest BCUT2D eigenvalue weighted by Crippen LogP contribution is 2.39. The normalized spacial score (nSPS) is 19.5. The molecule has 2 aromatic rings. The van der Waals surface area contributed by atoms with Gasteiger partial charge in [-0.2, -0.15) is 5.10 Å². The van der Waals surface area contributed by atoms with Crippen LogP contribution in [0.1, 0.15) is 54.5 Å². The zero-order valence-electron chi connectivity index (χ0n) is 20.4. The minimum absolute atomic E-state index is 0.0262. The quantitative estimate of drug-likeness (QED) is 0.640. The van der Waals surface area contributed by atoms with Crippen molar-refractivity contribution in [2.24, 2.45) is 11.0 Å². The third-order valence-corrected chi connectivity index (χ3v) is 7.04. The van der Waals surface area contributed by atoms with E-state index in [4.69, 9.17) is 14.6 Å². The second-order valence-corrected chi connectivity index (χ2v) is 9.37. The van der Waals surface area contributed by atoms with Crippen LogP contribution in [0.2, 0.25) is 0 Å². The Balaban J connectivity index is 1.67. The number of hydrogen-bond donors (Lipinski definition) is 0. The van der Waals surface area contributed by atoms with Crippen LogP contribution in [0.4, 0.5) is 0 Å². The summed E-state index contributed by atoms with van der Waals surface area (Å²) in [5.41, 5.74) is 5.37. The lowest BCUT2D eigenvalue weighted by atomic mass is 9.95. The van der Waals surface area contributed by atoms with Gasteiger partial charge in [0.05, 0.1) is 32.5 Å². The average Bonchev–Trinajstić information content (AvgIpc) is 3.27. The van der Waals surface area contributed by atoms with Crippen LogP contribution in [0.25, 0.3) is 0 Å². The Kier molecular flexibility index (Phi) is 7.03. The predicted octanol–water partition coefficient (Wildman–Crippen LogP) is 4.73. The van der Waals surface area contributed by atoms with Crippen LogP contribution in [0.3, 0.4) is 0 Å². The van der Waals surface area contributed by atoms with Crippen molar-refractivity contribution < 1.29 is 14.3 Å². The van der Waals surface area contributed by atoms with Crippen LogP contribution in [0, 0.1) is 19.8 Å². The molecule has 176 valence electrons. The maximum atomic E-state index is 13.5. The first-order valence-electron chi connectivity index (χ1n) is 11.8. The second-order valence-electron chi connectivity index (χ2n) is 9.37. The summed E-state index contributed by atoms with van der Waals surface area (Å²) in [6.45, 7) is 8.80. The Morgan fingerprint density at radius 3 is 2.45 bits per heavy atom. The first-order valence-corrected chi connectivity index (χ1v) is 11.8. The van der Waals surface area contributed by atoms with Gasteiger partial charge in [-0.05, 0) is 86.7 Å². The fraction of sp³-hybridized carbons (Fsp3) is 0.481. The van der Waals surface area contributed by atoms with Crippen molar-refractivity contribution in [3.8, 4) is 11.5 Å². The highest BCUT2D eigenvalue weighted by atomic mass is 16.5. The third-order valence-electron chi connectivity index (χ3n) is 7.04. The van der Waals surface area contributed by atoms with Crippen LogP contribution in [0.5, 0.6) is 11.5 Å². The van der Waals surface area contributed by atoms with Crippen molar-refractivity contribution in [2.75, 3.05) is 33.9 Å². The number of carbonyl (C=O) groups is 1. The van der Waals surface area contributed by atoms with Gasteiger partial charge in [0.2, 0.25) is 0 Å². The monoisotopic (exact) mass is 449 g/mol. The van der Waals surface area contributed by atoms with E-state index in [-0.39, 0.29) is 11.9 Å². The van der Waals surface area contributed by atoms with E-state index in [0.29, 0.717) is 13.0 Å². The van der Waals surface area contributed by atoms with Gasteiger partial charge >= 0.3 is 0 Å². The lowest BCUT2D eigenvalue weighted by Gasteiger charge is -2.31. The number of amides is 1. The lowest BCUT2D eigenvalue weighted by molar-refractivity contribution is -0.134. The number of nitrogens with zero attached hydrogens (tertiary/aromatic N) is 3. The highest BCUT2D eigenvalue weighted by Gasteiger charge is 2.36. The van der Waals surface area contributed by atoms with E-state index in [1.807, 2.05) is 18.2 Å². The molecule has 33 heavy (non-hydrogen) atoms. The van der Waals surface area contributed by atoms with Crippen LogP contribution < -0.4 is 9.47 Å². The molecule has 0 aromatic heterocycles. The first-order chi connectivity index (χ1) is 15.9. The molecule has 0 aliphatic carbocycles. The Hall–Kier alpha value is -2.86. The number of rotatable bonds is 6. The lowest BCUT2D eigenvalue weighted by Crippen LogP contribution is -2.41. The Bertz CT molecular complexity index is 1040. The molecule has 0 radical (unpaired) electrons. The van der Waals surface area contributed by atoms with E-state index >= 15 is 0 Å². The van der Waals surface area contributed by atoms with E-state index in [2.05, 4.69) is 43.9 Å². The van der Waals surface area contributed by atoms with Crippen molar-refractivity contribution in [2.45, 2.75) is 46.1 Å². The maximum absolute atomic E-state index is 13.5. The molecule has 0 spiro atoms. The van der Waals surface area contributed by atoms with Gasteiger partial charge < -0.3 is 9.47 Å². The van der Waals surface area contributed by atoms with Crippen molar-refractivity contribution in [3.63, 3.8) is 0 Å². The number of likely N-dealkylation sites (tertiary alicyclic amines) is 1.